The lowest BCUT2D eigenvalue weighted by atomic mass is 9.62. The van der Waals surface area contributed by atoms with Gasteiger partial charge in [0.05, 0.1) is 12.2 Å². The predicted molar refractivity (Wildman–Crippen MR) is 252 cm³/mol. The number of rotatable bonds is 10. The Labute approximate surface area is 368 Å². The molecule has 0 bridgehead atoms. The highest BCUT2D eigenvalue weighted by Crippen LogP contribution is 2.58. The average Bonchev–Trinajstić information content (AvgIpc) is 3.73. The van der Waals surface area contributed by atoms with E-state index in [0.717, 1.165) is 88.9 Å². The van der Waals surface area contributed by atoms with Crippen LogP contribution in [0.2, 0.25) is 0 Å². The molecule has 0 aromatic carbocycles. The van der Waals surface area contributed by atoms with E-state index < -0.39 is 19.7 Å². The molecule has 332 valence electrons. The molecule has 0 radical (unpaired) electrons. The highest BCUT2D eigenvalue weighted by atomic mass is 35.5. The summed E-state index contributed by atoms with van der Waals surface area (Å²) < 4.78 is 46.6. The van der Waals surface area contributed by atoms with Crippen LogP contribution in [0.5, 0.6) is 0 Å². The lowest BCUT2D eigenvalue weighted by Gasteiger charge is -2.42. The summed E-state index contributed by atoms with van der Waals surface area (Å²) in [5, 5.41) is 20.0. The van der Waals surface area contributed by atoms with Gasteiger partial charge in [0.1, 0.15) is 4.36 Å². The molecule has 2 N–H and O–H groups in total. The molecule has 60 heavy (non-hydrogen) atoms. The van der Waals surface area contributed by atoms with Crippen LogP contribution in [-0.4, -0.2) is 51.8 Å². The second kappa shape index (κ2) is 19.9. The maximum absolute atomic E-state index is 11.7. The minimum atomic E-state index is -3.33. The summed E-state index contributed by atoms with van der Waals surface area (Å²) in [7, 11) is -6.42. The molecule has 4 saturated carbocycles. The van der Waals surface area contributed by atoms with Crippen molar-refractivity contribution in [2.75, 3.05) is 12.5 Å². The number of hydrogen-bond donors (Lipinski definition) is 2. The van der Waals surface area contributed by atoms with E-state index in [4.69, 9.17) is 11.6 Å². The van der Waals surface area contributed by atoms with E-state index in [1.165, 1.54) is 58.1 Å². The lowest BCUT2D eigenvalue weighted by molar-refractivity contribution is 0.158. The van der Waals surface area contributed by atoms with Crippen LogP contribution in [0.25, 0.3) is 0 Å². The summed E-state index contributed by atoms with van der Waals surface area (Å²) in [6.07, 6.45) is 34.7. The minimum Gasteiger partial charge on any atom is -0.393 e. The third kappa shape index (κ3) is 11.5. The molecule has 4 fully saturated rings. The van der Waals surface area contributed by atoms with Crippen molar-refractivity contribution >= 4 is 31.3 Å². The molecule has 0 aromatic rings. The molecule has 8 unspecified atom stereocenters. The summed E-state index contributed by atoms with van der Waals surface area (Å²) in [6, 6.07) is 0. The fourth-order valence-electron chi connectivity index (χ4n) is 11.2. The first kappa shape index (κ1) is 48.5. The Hall–Kier alpha value is -2.49. The van der Waals surface area contributed by atoms with E-state index in [2.05, 4.69) is 77.3 Å². The van der Waals surface area contributed by atoms with Gasteiger partial charge in [-0.15, -0.1) is 0 Å². The maximum atomic E-state index is 11.7. The van der Waals surface area contributed by atoms with Gasteiger partial charge in [-0.2, -0.15) is 0 Å². The highest BCUT2D eigenvalue weighted by molar-refractivity contribution is 7.96. The topological polar surface area (TPSA) is 109 Å². The zero-order valence-electron chi connectivity index (χ0n) is 37.5. The molecule has 6 rings (SSSR count). The zero-order chi connectivity index (χ0) is 44.2. The second-order valence-electron chi connectivity index (χ2n) is 19.4. The molecule has 0 amide bonds. The first-order valence-electron chi connectivity index (χ1n) is 22.4. The van der Waals surface area contributed by atoms with Crippen LogP contribution in [0.15, 0.2) is 116 Å². The number of halogens is 1. The van der Waals surface area contributed by atoms with Crippen LogP contribution >= 0.6 is 11.6 Å². The van der Waals surface area contributed by atoms with Gasteiger partial charge in [0.2, 0.25) is 0 Å². The Morgan fingerprint density at radius 2 is 1.15 bits per heavy atom. The third-order valence-corrected chi connectivity index (χ3v) is 18.2. The van der Waals surface area contributed by atoms with Crippen LogP contribution < -0.4 is 0 Å². The first-order chi connectivity index (χ1) is 28.0. The monoisotopic (exact) mass is 880 g/mol. The normalized spacial score (nSPS) is 34.2. The minimum absolute atomic E-state index is 0.0552. The smallest absolute Gasteiger partial charge is 0.185 e. The molecule has 9 heteroatoms. The lowest BCUT2D eigenvalue weighted by Crippen LogP contribution is -2.32. The SMILES string of the molecule is C=C1CCC(O)C/C1=C/C=C1\CCCC2(C)C(C(C)C/C=C(\C)S(C)(=O)=O)=CCC12.C=C1CCC(O)C/C1=C/C=C1\CCCC2(C)C(C(C)C/C=C(\Cl)S(C)(=O)=O)=CCC12. The van der Waals surface area contributed by atoms with Crippen molar-refractivity contribution in [2.24, 2.45) is 34.5 Å². The average molecular weight is 882 g/mol. The molecule has 0 saturated heterocycles. The van der Waals surface area contributed by atoms with Gasteiger partial charge in [0.15, 0.2) is 19.7 Å². The number of aliphatic hydroxyl groups is 2. The Balaban J connectivity index is 0.000000228. The standard InChI is InChI=1S/C26H38O3S.C25H35ClO3S/c1-18-9-13-23(27)17-22(18)12-11-21-7-6-16-26(4)24(14-15-25(21)26)19(2)8-10-20(3)30(5,28)29;1-17-7-11-21(27)16-20(17)10-9-19-6-5-15-25(3)22(12-13-23(19)25)18(2)8-14-24(26)30(4,28)29/h10-12,14,19,23,25,27H,1,6-9,13,15-17H2,2-5H3;9-10,12,14,18,21,23,27H,1,5-8,11,13,15-16H2,2-4H3/b20-10+,21-11+,22-12-;19-9+,20-10-,24-14+. The Morgan fingerprint density at radius 3 is 1.55 bits per heavy atom. The summed E-state index contributed by atoms with van der Waals surface area (Å²) in [6.45, 7) is 19.3. The number of hydrogen-bond acceptors (Lipinski definition) is 6. The van der Waals surface area contributed by atoms with Gasteiger partial charge in [-0.25, -0.2) is 16.8 Å². The van der Waals surface area contributed by atoms with Gasteiger partial charge >= 0.3 is 0 Å². The molecule has 6 nitrogen and oxygen atoms in total. The van der Waals surface area contributed by atoms with E-state index in [1.54, 1.807) is 13.0 Å². The quantitative estimate of drug-likeness (QED) is 0.212. The molecule has 6 aliphatic carbocycles. The van der Waals surface area contributed by atoms with Crippen LogP contribution in [0, 0.1) is 34.5 Å². The van der Waals surface area contributed by atoms with Crippen LogP contribution in [0.4, 0.5) is 0 Å². The van der Waals surface area contributed by atoms with E-state index >= 15 is 0 Å². The number of allylic oxidation sites excluding steroid dienone is 15. The fraction of sp³-hybridized carbons (Fsp3) is 0.608. The zero-order valence-corrected chi connectivity index (χ0v) is 39.9. The molecule has 6 aliphatic rings. The van der Waals surface area contributed by atoms with Crippen LogP contribution in [0.1, 0.15) is 137 Å². The van der Waals surface area contributed by atoms with Crippen molar-refractivity contribution in [3.63, 3.8) is 0 Å². The van der Waals surface area contributed by atoms with E-state index in [1.807, 2.05) is 6.08 Å². The molecular formula is C51H73ClO6S2. The van der Waals surface area contributed by atoms with Gasteiger partial charge in [0.25, 0.3) is 0 Å². The maximum Gasteiger partial charge on any atom is 0.185 e. The third-order valence-electron chi connectivity index (χ3n) is 15.0. The number of fused-ring (bicyclic) bond motifs is 2. The van der Waals surface area contributed by atoms with E-state index in [-0.39, 0.29) is 33.3 Å². The van der Waals surface area contributed by atoms with Crippen molar-refractivity contribution in [1.82, 2.24) is 0 Å². The van der Waals surface area contributed by atoms with E-state index in [0.29, 0.717) is 35.5 Å². The fourth-order valence-corrected chi connectivity index (χ4v) is 12.1. The van der Waals surface area contributed by atoms with Crippen molar-refractivity contribution < 1.29 is 27.0 Å². The van der Waals surface area contributed by atoms with Crippen LogP contribution in [0.3, 0.4) is 0 Å². The summed E-state index contributed by atoms with van der Waals surface area (Å²) in [4.78, 5) is 0.473. The van der Waals surface area contributed by atoms with Gasteiger partial charge in [-0.05, 0) is 155 Å². The largest absolute Gasteiger partial charge is 0.393 e. The number of aliphatic hydroxyl groups excluding tert-OH is 2. The Morgan fingerprint density at radius 1 is 0.733 bits per heavy atom. The van der Waals surface area contributed by atoms with Gasteiger partial charge in [-0.1, -0.05) is 135 Å². The van der Waals surface area contributed by atoms with E-state index in [9.17, 15) is 27.0 Å². The van der Waals surface area contributed by atoms with Crippen molar-refractivity contribution in [2.45, 2.75) is 150 Å². The Bertz CT molecular complexity index is 1990. The molecule has 0 aromatic heterocycles. The first-order valence-corrected chi connectivity index (χ1v) is 26.6. The van der Waals surface area contributed by atoms with Gasteiger partial charge < -0.3 is 10.2 Å². The molecule has 0 spiro atoms. The Kier molecular flexibility index (Phi) is 16.1. The van der Waals surface area contributed by atoms with Gasteiger partial charge in [0, 0.05) is 17.4 Å². The second-order valence-corrected chi connectivity index (χ2v) is 24.2. The predicted octanol–water partition coefficient (Wildman–Crippen LogP) is 12.3. The summed E-state index contributed by atoms with van der Waals surface area (Å²) in [5.74, 6) is 1.64. The summed E-state index contributed by atoms with van der Waals surface area (Å²) >= 11 is 5.95. The van der Waals surface area contributed by atoms with Crippen LogP contribution in [-0.2, 0) is 19.7 Å². The molecule has 0 heterocycles. The summed E-state index contributed by atoms with van der Waals surface area (Å²) in [5.41, 5.74) is 11.0. The molecule has 8 atom stereocenters. The number of sulfone groups is 2. The van der Waals surface area contributed by atoms with Crippen molar-refractivity contribution in [3.05, 3.63) is 116 Å². The van der Waals surface area contributed by atoms with Crippen molar-refractivity contribution in [3.8, 4) is 0 Å². The molecule has 0 aliphatic heterocycles. The van der Waals surface area contributed by atoms with Gasteiger partial charge in [-0.3, -0.25) is 0 Å². The molecular weight excluding hydrogens is 808 g/mol. The van der Waals surface area contributed by atoms with Crippen molar-refractivity contribution in [1.29, 1.82) is 0 Å². The highest BCUT2D eigenvalue weighted by Gasteiger charge is 2.47.